The predicted molar refractivity (Wildman–Crippen MR) is 66.2 cm³/mol. The van der Waals surface area contributed by atoms with Crippen LogP contribution in [0.4, 0.5) is 0 Å². The van der Waals surface area contributed by atoms with E-state index in [4.69, 9.17) is 5.73 Å². The summed E-state index contributed by atoms with van der Waals surface area (Å²) in [5.74, 6) is 1.39. The lowest BCUT2D eigenvalue weighted by Crippen LogP contribution is -2.42. The Labute approximate surface area is 99.0 Å². The molecule has 3 heteroatoms. The Morgan fingerprint density at radius 1 is 1.38 bits per heavy atom. The first-order valence-electron chi connectivity index (χ1n) is 6.75. The zero-order valence-electron chi connectivity index (χ0n) is 10.5. The molecule has 94 valence electrons. The molecule has 0 aromatic rings. The lowest BCUT2D eigenvalue weighted by Gasteiger charge is -2.30. The molecule has 16 heavy (non-hydrogen) atoms. The first kappa shape index (κ1) is 12.3. The van der Waals surface area contributed by atoms with Crippen molar-refractivity contribution in [2.75, 3.05) is 26.7 Å². The van der Waals surface area contributed by atoms with Gasteiger partial charge < -0.3 is 15.7 Å². The van der Waals surface area contributed by atoms with Gasteiger partial charge in [-0.2, -0.15) is 0 Å². The summed E-state index contributed by atoms with van der Waals surface area (Å²) in [7, 11) is 2.20. The quantitative estimate of drug-likeness (QED) is 0.715. The van der Waals surface area contributed by atoms with E-state index in [0.29, 0.717) is 12.5 Å². The van der Waals surface area contributed by atoms with E-state index >= 15 is 0 Å². The summed E-state index contributed by atoms with van der Waals surface area (Å²) in [5, 5.41) is 10.3. The molecular formula is C13H26N2O. The fourth-order valence-corrected chi connectivity index (χ4v) is 3.02. The molecule has 0 amide bonds. The fourth-order valence-electron chi connectivity index (χ4n) is 3.02. The number of aliphatic hydroxyl groups is 1. The van der Waals surface area contributed by atoms with Crippen LogP contribution in [-0.4, -0.2) is 42.3 Å². The van der Waals surface area contributed by atoms with E-state index in [1.807, 2.05) is 0 Å². The third-order valence-electron chi connectivity index (χ3n) is 4.40. The van der Waals surface area contributed by atoms with E-state index < -0.39 is 5.60 Å². The van der Waals surface area contributed by atoms with Crippen LogP contribution in [0.5, 0.6) is 0 Å². The Hall–Kier alpha value is -0.120. The fraction of sp³-hybridized carbons (Fsp3) is 1.00. The zero-order chi connectivity index (χ0) is 11.6. The Balaban J connectivity index is 1.71. The summed E-state index contributed by atoms with van der Waals surface area (Å²) in [5.41, 5.74) is 5.14. The first-order chi connectivity index (χ1) is 7.64. The highest BCUT2D eigenvalue weighted by Crippen LogP contribution is 2.37. The van der Waals surface area contributed by atoms with Crippen molar-refractivity contribution in [1.29, 1.82) is 0 Å². The minimum absolute atomic E-state index is 0.430. The standard InChI is InChI=1S/C13H26N2O/c1-15(9-11-4-5-11)8-6-12-3-2-7-13(12,16)10-14/h11-12,16H,2-10,14H2,1H3. The van der Waals surface area contributed by atoms with Crippen LogP contribution in [-0.2, 0) is 0 Å². The highest BCUT2D eigenvalue weighted by Gasteiger charge is 2.39. The van der Waals surface area contributed by atoms with Gasteiger partial charge >= 0.3 is 0 Å². The monoisotopic (exact) mass is 226 g/mol. The Kier molecular flexibility index (Phi) is 3.88. The summed E-state index contributed by atoms with van der Waals surface area (Å²) in [4.78, 5) is 2.42. The smallest absolute Gasteiger partial charge is 0.0797 e. The van der Waals surface area contributed by atoms with Gasteiger partial charge in [-0.3, -0.25) is 0 Å². The molecule has 2 aliphatic carbocycles. The summed E-state index contributed by atoms with van der Waals surface area (Å²) in [6.45, 7) is 2.79. The van der Waals surface area contributed by atoms with Gasteiger partial charge in [0.05, 0.1) is 5.60 Å². The second-order valence-electron chi connectivity index (χ2n) is 5.89. The van der Waals surface area contributed by atoms with Crippen molar-refractivity contribution in [3.63, 3.8) is 0 Å². The van der Waals surface area contributed by atoms with Crippen molar-refractivity contribution in [3.8, 4) is 0 Å². The van der Waals surface area contributed by atoms with Crippen LogP contribution in [0.15, 0.2) is 0 Å². The highest BCUT2D eigenvalue weighted by molar-refractivity contribution is 4.93. The van der Waals surface area contributed by atoms with Crippen molar-refractivity contribution in [2.24, 2.45) is 17.6 Å². The summed E-state index contributed by atoms with van der Waals surface area (Å²) < 4.78 is 0. The number of hydrogen-bond acceptors (Lipinski definition) is 3. The normalized spacial score (nSPS) is 34.9. The summed E-state index contributed by atoms with van der Waals surface area (Å²) in [6, 6.07) is 0. The Morgan fingerprint density at radius 3 is 2.75 bits per heavy atom. The molecule has 0 heterocycles. The molecule has 2 saturated carbocycles. The number of rotatable bonds is 6. The van der Waals surface area contributed by atoms with Crippen molar-refractivity contribution in [2.45, 2.75) is 44.1 Å². The maximum absolute atomic E-state index is 10.3. The van der Waals surface area contributed by atoms with Gasteiger partial charge in [-0.15, -0.1) is 0 Å². The molecule has 0 spiro atoms. The van der Waals surface area contributed by atoms with Gasteiger partial charge in [0.2, 0.25) is 0 Å². The van der Waals surface area contributed by atoms with Gasteiger partial charge in [-0.1, -0.05) is 6.42 Å². The molecule has 0 bridgehead atoms. The lowest BCUT2D eigenvalue weighted by atomic mass is 9.88. The lowest BCUT2D eigenvalue weighted by molar-refractivity contribution is 0.00525. The molecule has 3 N–H and O–H groups in total. The van der Waals surface area contributed by atoms with Crippen LogP contribution in [0.25, 0.3) is 0 Å². The highest BCUT2D eigenvalue weighted by atomic mass is 16.3. The predicted octanol–water partition coefficient (Wildman–Crippen LogP) is 1.21. The van der Waals surface area contributed by atoms with Gasteiger partial charge in [-0.05, 0) is 57.5 Å². The van der Waals surface area contributed by atoms with Crippen LogP contribution < -0.4 is 5.73 Å². The molecule has 2 rings (SSSR count). The van der Waals surface area contributed by atoms with E-state index in [2.05, 4.69) is 11.9 Å². The van der Waals surface area contributed by atoms with Gasteiger partial charge in [0.1, 0.15) is 0 Å². The van der Waals surface area contributed by atoms with Crippen LogP contribution >= 0.6 is 0 Å². The van der Waals surface area contributed by atoms with E-state index in [0.717, 1.165) is 38.1 Å². The second-order valence-corrected chi connectivity index (χ2v) is 5.89. The largest absolute Gasteiger partial charge is 0.388 e. The maximum Gasteiger partial charge on any atom is 0.0797 e. The average Bonchev–Trinajstić information content (AvgIpc) is 2.99. The molecule has 0 aromatic carbocycles. The third-order valence-corrected chi connectivity index (χ3v) is 4.40. The molecule has 2 atom stereocenters. The second kappa shape index (κ2) is 5.03. The van der Waals surface area contributed by atoms with Crippen LogP contribution in [0.3, 0.4) is 0 Å². The summed E-state index contributed by atoms with van der Waals surface area (Å²) in [6.07, 6.45) is 7.15. The molecule has 3 nitrogen and oxygen atoms in total. The maximum atomic E-state index is 10.3. The van der Waals surface area contributed by atoms with Crippen molar-refractivity contribution >= 4 is 0 Å². The molecule has 2 fully saturated rings. The van der Waals surface area contributed by atoms with Gasteiger partial charge in [0.25, 0.3) is 0 Å². The molecule has 0 aliphatic heterocycles. The van der Waals surface area contributed by atoms with E-state index in [9.17, 15) is 5.11 Å². The topological polar surface area (TPSA) is 49.5 Å². The minimum Gasteiger partial charge on any atom is -0.388 e. The molecule has 0 aromatic heterocycles. The van der Waals surface area contributed by atoms with Crippen LogP contribution in [0.1, 0.15) is 38.5 Å². The van der Waals surface area contributed by atoms with E-state index in [1.54, 1.807) is 0 Å². The average molecular weight is 226 g/mol. The van der Waals surface area contributed by atoms with Crippen molar-refractivity contribution in [1.82, 2.24) is 4.90 Å². The number of nitrogens with zero attached hydrogens (tertiary/aromatic N) is 1. The number of nitrogens with two attached hydrogens (primary N) is 1. The molecule has 2 aliphatic rings. The van der Waals surface area contributed by atoms with Crippen LogP contribution in [0, 0.1) is 11.8 Å². The van der Waals surface area contributed by atoms with Gasteiger partial charge in [-0.25, -0.2) is 0 Å². The Bertz CT molecular complexity index is 230. The molecule has 0 saturated heterocycles. The zero-order valence-corrected chi connectivity index (χ0v) is 10.5. The van der Waals surface area contributed by atoms with Crippen molar-refractivity contribution in [3.05, 3.63) is 0 Å². The van der Waals surface area contributed by atoms with Gasteiger partial charge in [0.15, 0.2) is 0 Å². The third kappa shape index (κ3) is 2.96. The Morgan fingerprint density at radius 2 is 2.12 bits per heavy atom. The minimum atomic E-state index is -0.555. The molecule has 2 unspecified atom stereocenters. The van der Waals surface area contributed by atoms with Gasteiger partial charge in [0, 0.05) is 13.1 Å². The van der Waals surface area contributed by atoms with E-state index in [-0.39, 0.29) is 0 Å². The first-order valence-corrected chi connectivity index (χ1v) is 6.75. The number of hydrogen-bond donors (Lipinski definition) is 2. The summed E-state index contributed by atoms with van der Waals surface area (Å²) >= 11 is 0. The van der Waals surface area contributed by atoms with Crippen molar-refractivity contribution < 1.29 is 5.11 Å². The van der Waals surface area contributed by atoms with E-state index in [1.165, 1.54) is 19.4 Å². The molecular weight excluding hydrogens is 200 g/mol. The van der Waals surface area contributed by atoms with Crippen LogP contribution in [0.2, 0.25) is 0 Å². The molecule has 0 radical (unpaired) electrons. The SMILES string of the molecule is CN(CCC1CCCC1(O)CN)CC1CC1.